The summed E-state index contributed by atoms with van der Waals surface area (Å²) in [4.78, 5) is 25.8. The summed E-state index contributed by atoms with van der Waals surface area (Å²) in [6, 6.07) is 0. The van der Waals surface area contributed by atoms with Crippen molar-refractivity contribution in [1.82, 2.24) is 5.32 Å². The first-order chi connectivity index (χ1) is 7.06. The van der Waals surface area contributed by atoms with Crippen LogP contribution in [0.15, 0.2) is 17.8 Å². The molecule has 6 nitrogen and oxygen atoms in total. The first-order valence-electron chi connectivity index (χ1n) is 4.31. The van der Waals surface area contributed by atoms with Gasteiger partial charge in [-0.1, -0.05) is 11.7 Å². The van der Waals surface area contributed by atoms with Gasteiger partial charge in [0.05, 0.1) is 12.3 Å². The molecule has 84 valence electrons. The molecular weight excluding hydrogens is 200 g/mol. The van der Waals surface area contributed by atoms with Crippen LogP contribution >= 0.6 is 0 Å². The Morgan fingerprint density at radius 3 is 2.67 bits per heavy atom. The Morgan fingerprint density at radius 1 is 1.47 bits per heavy atom. The topological polar surface area (TPSA) is 77.0 Å². The second kappa shape index (κ2) is 7.54. The van der Waals surface area contributed by atoms with Crippen molar-refractivity contribution < 1.29 is 19.2 Å². The molecule has 0 heterocycles. The van der Waals surface area contributed by atoms with Crippen LogP contribution in [0.25, 0.3) is 0 Å². The van der Waals surface area contributed by atoms with E-state index in [9.17, 15) is 9.59 Å². The average molecular weight is 214 g/mol. The van der Waals surface area contributed by atoms with E-state index < -0.39 is 12.1 Å². The minimum Gasteiger partial charge on any atom is -0.461 e. The monoisotopic (exact) mass is 214 g/mol. The molecule has 0 rings (SSSR count). The highest BCUT2D eigenvalue weighted by Gasteiger charge is 2.01. The number of oxime groups is 1. The molecule has 1 N–H and O–H groups in total. The predicted octanol–water partition coefficient (Wildman–Crippen LogP) is 0.838. The third-order valence-corrected chi connectivity index (χ3v) is 1.09. The summed E-state index contributed by atoms with van der Waals surface area (Å²) in [5, 5.41) is 5.77. The Morgan fingerprint density at radius 2 is 2.13 bits per heavy atom. The lowest BCUT2D eigenvalue weighted by Crippen LogP contribution is -2.27. The van der Waals surface area contributed by atoms with Crippen molar-refractivity contribution in [2.24, 2.45) is 5.16 Å². The van der Waals surface area contributed by atoms with E-state index in [4.69, 9.17) is 0 Å². The number of carbonyl (C=O) groups is 2. The number of carbonyl (C=O) groups excluding carboxylic acids is 2. The zero-order valence-corrected chi connectivity index (χ0v) is 8.78. The van der Waals surface area contributed by atoms with Crippen LogP contribution in [0.1, 0.15) is 13.8 Å². The highest BCUT2D eigenvalue weighted by molar-refractivity contribution is 5.81. The van der Waals surface area contributed by atoms with E-state index in [0.717, 1.165) is 6.08 Å². The van der Waals surface area contributed by atoms with Gasteiger partial charge < -0.3 is 10.1 Å². The van der Waals surface area contributed by atoms with Gasteiger partial charge in [-0.15, -0.1) is 0 Å². The third-order valence-electron chi connectivity index (χ3n) is 1.09. The minimum atomic E-state index is -0.689. The van der Waals surface area contributed by atoms with Gasteiger partial charge in [0.2, 0.25) is 0 Å². The van der Waals surface area contributed by atoms with Gasteiger partial charge in [-0.25, -0.2) is 9.59 Å². The van der Waals surface area contributed by atoms with Crippen LogP contribution < -0.4 is 5.32 Å². The Balaban J connectivity index is 3.51. The van der Waals surface area contributed by atoms with Crippen LogP contribution in [0.4, 0.5) is 4.79 Å². The second-order valence-electron chi connectivity index (χ2n) is 2.72. The average Bonchev–Trinajstić information content (AvgIpc) is 2.21. The molecule has 15 heavy (non-hydrogen) atoms. The summed E-state index contributed by atoms with van der Waals surface area (Å²) >= 11 is 0. The standard InChI is InChI=1S/C9H14N2O4/c1-4-8(12)14-6-5-10-9(13)15-11-7(2)3/h4H,1,5-6H2,2-3H3,(H,10,13). The van der Waals surface area contributed by atoms with E-state index in [-0.39, 0.29) is 13.2 Å². The van der Waals surface area contributed by atoms with E-state index in [1.54, 1.807) is 13.8 Å². The number of nitrogens with one attached hydrogen (secondary N) is 1. The van der Waals surface area contributed by atoms with Gasteiger partial charge in [0, 0.05) is 6.08 Å². The molecule has 0 saturated heterocycles. The van der Waals surface area contributed by atoms with Gasteiger partial charge in [-0.05, 0) is 13.8 Å². The SMILES string of the molecule is C=CC(=O)OCCNC(=O)ON=C(C)C. The fourth-order valence-corrected chi connectivity index (χ4v) is 0.529. The molecule has 6 heteroatoms. The number of hydrogen-bond donors (Lipinski definition) is 1. The quantitative estimate of drug-likeness (QED) is 0.184. The van der Waals surface area contributed by atoms with Crippen molar-refractivity contribution in [2.45, 2.75) is 13.8 Å². The Bertz CT molecular complexity index is 269. The van der Waals surface area contributed by atoms with Crippen LogP contribution in [0.3, 0.4) is 0 Å². The molecule has 0 atom stereocenters. The Labute approximate surface area is 87.9 Å². The van der Waals surface area contributed by atoms with E-state index in [2.05, 4.69) is 26.6 Å². The molecule has 0 aliphatic heterocycles. The first kappa shape index (κ1) is 13.2. The van der Waals surface area contributed by atoms with Gasteiger partial charge in [-0.2, -0.15) is 0 Å². The second-order valence-corrected chi connectivity index (χ2v) is 2.72. The largest absolute Gasteiger partial charge is 0.461 e. The Hall–Kier alpha value is -1.85. The van der Waals surface area contributed by atoms with Crippen LogP contribution in [-0.2, 0) is 14.4 Å². The molecule has 0 saturated carbocycles. The molecule has 0 radical (unpaired) electrons. The normalized spacial score (nSPS) is 8.67. The molecule has 0 spiro atoms. The maximum absolute atomic E-state index is 10.9. The number of esters is 1. The molecule has 0 bridgehead atoms. The number of rotatable bonds is 5. The van der Waals surface area contributed by atoms with Gasteiger partial charge in [0.1, 0.15) is 6.61 Å². The van der Waals surface area contributed by atoms with Gasteiger partial charge in [0.25, 0.3) is 0 Å². The lowest BCUT2D eigenvalue weighted by molar-refractivity contribution is -0.137. The molecule has 0 aromatic heterocycles. The molecular formula is C9H14N2O4. The number of hydrogen-bond acceptors (Lipinski definition) is 5. The van der Waals surface area contributed by atoms with Gasteiger partial charge in [0.15, 0.2) is 0 Å². The van der Waals surface area contributed by atoms with E-state index in [1.807, 2.05) is 0 Å². The smallest absolute Gasteiger partial charge is 0.433 e. The third kappa shape index (κ3) is 8.48. The van der Waals surface area contributed by atoms with Crippen LogP contribution in [0, 0.1) is 0 Å². The van der Waals surface area contributed by atoms with Crippen LogP contribution in [-0.4, -0.2) is 30.9 Å². The van der Waals surface area contributed by atoms with Crippen molar-refractivity contribution in [3.05, 3.63) is 12.7 Å². The van der Waals surface area contributed by atoms with Crippen molar-refractivity contribution in [2.75, 3.05) is 13.2 Å². The van der Waals surface area contributed by atoms with E-state index >= 15 is 0 Å². The number of nitrogens with zero attached hydrogens (tertiary/aromatic N) is 1. The maximum Gasteiger partial charge on any atom is 0.433 e. The lowest BCUT2D eigenvalue weighted by atomic mass is 10.5. The fraction of sp³-hybridized carbons (Fsp3) is 0.444. The zero-order valence-electron chi connectivity index (χ0n) is 8.78. The Kier molecular flexibility index (Phi) is 6.61. The molecule has 0 aliphatic carbocycles. The van der Waals surface area contributed by atoms with E-state index in [1.165, 1.54) is 0 Å². The number of amides is 1. The molecule has 0 aromatic rings. The van der Waals surface area contributed by atoms with E-state index in [0.29, 0.717) is 5.71 Å². The van der Waals surface area contributed by atoms with Crippen molar-refractivity contribution in [3.63, 3.8) is 0 Å². The highest BCUT2D eigenvalue weighted by atomic mass is 16.7. The van der Waals surface area contributed by atoms with Gasteiger partial charge >= 0.3 is 12.1 Å². The van der Waals surface area contributed by atoms with Crippen molar-refractivity contribution >= 4 is 17.8 Å². The lowest BCUT2D eigenvalue weighted by Gasteiger charge is -2.03. The van der Waals surface area contributed by atoms with Gasteiger partial charge in [-0.3, -0.25) is 4.84 Å². The minimum absolute atomic E-state index is 0.0643. The number of ether oxygens (including phenoxy) is 1. The summed E-state index contributed by atoms with van der Waals surface area (Å²) in [5.41, 5.74) is 0.628. The summed E-state index contributed by atoms with van der Waals surface area (Å²) in [6.45, 7) is 6.83. The maximum atomic E-state index is 10.9. The van der Waals surface area contributed by atoms with Crippen LogP contribution in [0.2, 0.25) is 0 Å². The van der Waals surface area contributed by atoms with Crippen molar-refractivity contribution in [1.29, 1.82) is 0 Å². The molecule has 1 amide bonds. The van der Waals surface area contributed by atoms with Crippen LogP contribution in [0.5, 0.6) is 0 Å². The first-order valence-corrected chi connectivity index (χ1v) is 4.31. The summed E-state index contributed by atoms with van der Waals surface area (Å²) < 4.78 is 4.60. The fourth-order valence-electron chi connectivity index (χ4n) is 0.529. The van der Waals surface area contributed by atoms with Crippen molar-refractivity contribution in [3.8, 4) is 0 Å². The summed E-state index contributed by atoms with van der Waals surface area (Å²) in [6.07, 6.45) is 0.356. The zero-order chi connectivity index (χ0) is 11.7. The molecule has 0 aliphatic rings. The molecule has 0 fully saturated rings. The highest BCUT2D eigenvalue weighted by Crippen LogP contribution is 1.82. The summed E-state index contributed by atoms with van der Waals surface area (Å²) in [7, 11) is 0. The molecule has 0 unspecified atom stereocenters. The summed E-state index contributed by atoms with van der Waals surface area (Å²) in [5.74, 6) is -0.535. The molecule has 0 aromatic carbocycles. The predicted molar refractivity (Wildman–Crippen MR) is 54.4 cm³/mol.